The van der Waals surface area contributed by atoms with Gasteiger partial charge < -0.3 is 10.5 Å². The van der Waals surface area contributed by atoms with Crippen LogP contribution in [0.5, 0.6) is 0 Å². The first-order valence-electron chi connectivity index (χ1n) is 16.0. The highest BCUT2D eigenvalue weighted by Gasteiger charge is 2.16. The van der Waals surface area contributed by atoms with Crippen molar-refractivity contribution in [2.45, 2.75) is 116 Å². The van der Waals surface area contributed by atoms with Crippen molar-refractivity contribution in [3.8, 4) is 0 Å². The molecule has 2 aromatic rings. The minimum absolute atomic E-state index is 0.0972. The molecule has 2 N–H and O–H groups in total. The number of rotatable bonds is 5. The van der Waals surface area contributed by atoms with Crippen LogP contribution in [-0.4, -0.2) is 29.1 Å². The molecule has 222 valence electrons. The van der Waals surface area contributed by atoms with Gasteiger partial charge in [-0.05, 0) is 69.1 Å². The van der Waals surface area contributed by atoms with E-state index < -0.39 is 11.9 Å². The summed E-state index contributed by atoms with van der Waals surface area (Å²) in [7, 11) is 0. The Morgan fingerprint density at radius 1 is 0.732 bits per heavy atom. The van der Waals surface area contributed by atoms with Crippen molar-refractivity contribution in [1.29, 1.82) is 0 Å². The molecule has 0 radical (unpaired) electrons. The molecule has 0 saturated carbocycles. The number of aliphatic carboxylic acids is 1. The second-order valence-electron chi connectivity index (χ2n) is 11.5. The van der Waals surface area contributed by atoms with E-state index >= 15 is 0 Å². The highest BCUT2D eigenvalue weighted by molar-refractivity contribution is 6.09. The maximum Gasteiger partial charge on any atom is 0.310 e. The Bertz CT molecular complexity index is 1090. The van der Waals surface area contributed by atoms with Gasteiger partial charge in [-0.25, -0.2) is 0 Å². The van der Waals surface area contributed by atoms with Crippen molar-refractivity contribution in [3.63, 3.8) is 0 Å². The van der Waals surface area contributed by atoms with Gasteiger partial charge in [0.2, 0.25) is 0 Å². The fraction of sp³-hybridized carbons (Fsp3) is 0.528. The van der Waals surface area contributed by atoms with E-state index in [4.69, 9.17) is 10.2 Å². The Morgan fingerprint density at radius 3 is 2.05 bits per heavy atom. The van der Waals surface area contributed by atoms with Gasteiger partial charge in [-0.3, -0.25) is 9.59 Å². The fourth-order valence-corrected chi connectivity index (χ4v) is 5.48. The molecule has 2 aromatic carbocycles. The van der Waals surface area contributed by atoms with Crippen molar-refractivity contribution < 1.29 is 14.7 Å². The van der Waals surface area contributed by atoms with Crippen LogP contribution in [0.3, 0.4) is 0 Å². The number of carboxylic acids is 1. The Balaban J connectivity index is 0.000000228. The first-order valence-corrected chi connectivity index (χ1v) is 16.0. The number of nitrogens with one attached hydrogen (secondary N) is 1. The fourth-order valence-electron chi connectivity index (χ4n) is 5.48. The minimum Gasteiger partial charge on any atom is -0.481 e. The monoisotopic (exact) mass is 558 g/mol. The highest BCUT2D eigenvalue weighted by atomic mass is 16.4. The van der Waals surface area contributed by atoms with Gasteiger partial charge in [0, 0.05) is 17.7 Å². The lowest BCUT2D eigenvalue weighted by atomic mass is 9.96. The van der Waals surface area contributed by atoms with Gasteiger partial charge in [-0.15, -0.1) is 0 Å². The molecule has 0 saturated heterocycles. The number of allylic oxidation sites excluding steroid dienone is 2. The molecule has 5 heteroatoms. The molecule has 1 unspecified atom stereocenters. The van der Waals surface area contributed by atoms with E-state index in [-0.39, 0.29) is 5.78 Å². The summed E-state index contributed by atoms with van der Waals surface area (Å²) in [5.41, 5.74) is 8.04. The number of nitrogens with zero attached hydrogens (tertiary/aromatic N) is 1. The topological polar surface area (TPSA) is 78.8 Å². The summed E-state index contributed by atoms with van der Waals surface area (Å²) < 4.78 is 0. The second kappa shape index (κ2) is 19.0. The maximum atomic E-state index is 12.2. The van der Waals surface area contributed by atoms with E-state index in [1.165, 1.54) is 108 Å². The number of hydrogen-bond donors (Lipinski definition) is 2. The van der Waals surface area contributed by atoms with Crippen LogP contribution in [0.15, 0.2) is 71.3 Å². The van der Waals surface area contributed by atoms with E-state index in [9.17, 15) is 9.59 Å². The van der Waals surface area contributed by atoms with Gasteiger partial charge in [0.1, 0.15) is 0 Å². The van der Waals surface area contributed by atoms with Gasteiger partial charge in [-0.1, -0.05) is 112 Å². The quantitative estimate of drug-likeness (QED) is 0.359. The van der Waals surface area contributed by atoms with Crippen LogP contribution >= 0.6 is 0 Å². The Hall–Kier alpha value is -3.21. The Labute approximate surface area is 247 Å². The smallest absolute Gasteiger partial charge is 0.310 e. The Morgan fingerprint density at radius 2 is 1.34 bits per heavy atom. The van der Waals surface area contributed by atoms with Crippen molar-refractivity contribution in [2.24, 2.45) is 5.10 Å². The zero-order valence-electron chi connectivity index (χ0n) is 25.1. The molecule has 0 spiro atoms. The van der Waals surface area contributed by atoms with E-state index in [0.717, 1.165) is 6.54 Å². The van der Waals surface area contributed by atoms with Gasteiger partial charge in [0.25, 0.3) is 0 Å². The van der Waals surface area contributed by atoms with E-state index in [1.54, 1.807) is 61.0 Å². The first kappa shape index (κ1) is 32.3. The van der Waals surface area contributed by atoms with Crippen molar-refractivity contribution in [2.75, 3.05) is 6.54 Å². The zero-order chi connectivity index (χ0) is 29.1. The van der Waals surface area contributed by atoms with Gasteiger partial charge >= 0.3 is 5.97 Å². The van der Waals surface area contributed by atoms with Crippen LogP contribution in [0.1, 0.15) is 137 Å². The number of benzene rings is 2. The third kappa shape index (κ3) is 12.0. The molecule has 41 heavy (non-hydrogen) atoms. The Kier molecular flexibility index (Phi) is 15.0. The minimum atomic E-state index is -0.899. The molecule has 1 aliphatic carbocycles. The molecule has 0 bridgehead atoms. The molecule has 1 heterocycles. The van der Waals surface area contributed by atoms with Crippen LogP contribution in [0.2, 0.25) is 0 Å². The van der Waals surface area contributed by atoms with Crippen LogP contribution < -0.4 is 5.43 Å². The average Bonchev–Trinajstić information content (AvgIpc) is 3.11. The van der Waals surface area contributed by atoms with Crippen LogP contribution in [0.4, 0.5) is 0 Å². The molecular weight excluding hydrogens is 508 g/mol. The van der Waals surface area contributed by atoms with Crippen molar-refractivity contribution >= 4 is 17.5 Å². The lowest BCUT2D eigenvalue weighted by molar-refractivity contribution is -0.138. The normalized spacial score (nSPS) is 18.4. The number of ketones is 1. The van der Waals surface area contributed by atoms with Crippen LogP contribution in [0, 0.1) is 0 Å². The number of carbonyl (C=O) groups excluding carboxylic acids is 1. The van der Waals surface area contributed by atoms with Gasteiger partial charge in [0.15, 0.2) is 5.78 Å². The van der Waals surface area contributed by atoms with E-state index in [2.05, 4.69) is 11.5 Å². The third-order valence-electron chi connectivity index (χ3n) is 8.13. The highest BCUT2D eigenvalue weighted by Crippen LogP contribution is 2.21. The molecular formula is C36H50N2O3. The predicted octanol–water partition coefficient (Wildman–Crippen LogP) is 9.23. The maximum absolute atomic E-state index is 12.2. The number of carbonyl (C=O) groups is 2. The molecule has 0 amide bonds. The lowest BCUT2D eigenvalue weighted by Crippen LogP contribution is -2.14. The second-order valence-corrected chi connectivity index (χ2v) is 11.5. The number of carboxylic acid groups (broad SMARTS) is 1. The summed E-state index contributed by atoms with van der Waals surface area (Å²) in [5, 5.41) is 13.8. The van der Waals surface area contributed by atoms with E-state index in [0.29, 0.717) is 16.7 Å². The zero-order valence-corrected chi connectivity index (χ0v) is 25.1. The summed E-state index contributed by atoms with van der Waals surface area (Å²) >= 11 is 0. The van der Waals surface area contributed by atoms with Crippen LogP contribution in [-0.2, 0) is 4.79 Å². The predicted molar refractivity (Wildman–Crippen MR) is 170 cm³/mol. The summed E-state index contributed by atoms with van der Waals surface area (Å²) in [6.07, 6.45) is 24.2. The molecule has 2 aliphatic rings. The molecule has 0 aromatic heterocycles. The molecule has 5 nitrogen and oxygen atoms in total. The largest absolute Gasteiger partial charge is 0.481 e. The number of hydrogen-bond acceptors (Lipinski definition) is 4. The SMILES string of the molecule is C1=C(C2=NNCCCCCCCC2)CCCCCCCCC1.CC(C(=O)O)c1cccc(C(=O)c2ccccc2)c1. The summed E-state index contributed by atoms with van der Waals surface area (Å²) in [5.74, 6) is -1.62. The lowest BCUT2D eigenvalue weighted by Gasteiger charge is -2.12. The number of hydrazone groups is 1. The summed E-state index contributed by atoms with van der Waals surface area (Å²) in [6, 6.07) is 15.7. The third-order valence-corrected chi connectivity index (χ3v) is 8.13. The first-order chi connectivity index (χ1) is 20.1. The standard InChI is InChI=1S/C20H36N2.C16H14O3/c1-2-4-8-12-16-19(15-11-7-3-1)20-17-13-9-5-6-10-14-18-21-22-20;1-11(16(18)19)13-8-5-9-14(10-13)15(17)12-6-3-2-4-7-12/h15,21H,1-14,16-18H2;2-11H,1H3,(H,18,19). The summed E-state index contributed by atoms with van der Waals surface area (Å²) in [6.45, 7) is 2.66. The van der Waals surface area contributed by atoms with Crippen molar-refractivity contribution in [1.82, 2.24) is 5.43 Å². The van der Waals surface area contributed by atoms with E-state index in [1.807, 2.05) is 6.07 Å². The molecule has 1 atom stereocenters. The van der Waals surface area contributed by atoms with Gasteiger partial charge in [-0.2, -0.15) is 5.10 Å². The summed E-state index contributed by atoms with van der Waals surface area (Å²) in [4.78, 5) is 23.2. The average molecular weight is 559 g/mol. The van der Waals surface area contributed by atoms with Crippen LogP contribution in [0.25, 0.3) is 0 Å². The molecule has 1 aliphatic heterocycles. The molecule has 0 fully saturated rings. The molecule has 4 rings (SSSR count). The van der Waals surface area contributed by atoms with Crippen molar-refractivity contribution in [3.05, 3.63) is 82.9 Å². The van der Waals surface area contributed by atoms with Gasteiger partial charge in [0.05, 0.1) is 11.6 Å².